The first-order valence-corrected chi connectivity index (χ1v) is 15.9. The summed E-state index contributed by atoms with van der Waals surface area (Å²) >= 11 is 12.1. The van der Waals surface area contributed by atoms with Crippen LogP contribution in [0.25, 0.3) is 17.4 Å². The predicted molar refractivity (Wildman–Crippen MR) is 190 cm³/mol. The third-order valence-corrected chi connectivity index (χ3v) is 6.31. The Morgan fingerprint density at radius 3 is 2.50 bits per heavy atom. The van der Waals surface area contributed by atoms with E-state index < -0.39 is 5.97 Å². The third-order valence-electron chi connectivity index (χ3n) is 5.76. The molecule has 0 fully saturated rings. The molecule has 1 aromatic heterocycles. The second-order valence-corrected chi connectivity index (χ2v) is 10.1. The largest absolute Gasteiger partial charge is 0.481 e. The highest BCUT2D eigenvalue weighted by molar-refractivity contribution is 6.36. The summed E-state index contributed by atoms with van der Waals surface area (Å²) in [4.78, 5) is 26.3. The van der Waals surface area contributed by atoms with Gasteiger partial charge in [0, 0.05) is 17.6 Å². The topological polar surface area (TPSA) is 102 Å². The number of hydrogen-bond acceptors (Lipinski definition) is 5. The molecule has 1 amide bonds. The maximum atomic E-state index is 11.9. The van der Waals surface area contributed by atoms with Crippen LogP contribution in [-0.4, -0.2) is 35.6 Å². The summed E-state index contributed by atoms with van der Waals surface area (Å²) < 4.78 is 10.8. The van der Waals surface area contributed by atoms with E-state index in [9.17, 15) is 9.59 Å². The lowest BCUT2D eigenvalue weighted by Crippen LogP contribution is -2.19. The fourth-order valence-corrected chi connectivity index (χ4v) is 4.10. The molecule has 246 valence electrons. The molecule has 0 radical (unpaired) electrons. The van der Waals surface area contributed by atoms with E-state index in [1.54, 1.807) is 24.3 Å². The molecule has 0 saturated heterocycles. The Morgan fingerprint density at radius 2 is 1.87 bits per heavy atom. The molecule has 1 aliphatic rings. The van der Waals surface area contributed by atoms with E-state index >= 15 is 0 Å². The molecule has 3 aromatic rings. The Hall–Kier alpha value is -4.17. The number of halogens is 2. The summed E-state index contributed by atoms with van der Waals surface area (Å²) in [5.74, 6) is -0.479. The molecule has 0 atom stereocenters. The molecule has 1 aliphatic carbocycles. The van der Waals surface area contributed by atoms with Crippen LogP contribution in [0.4, 0.5) is 0 Å². The number of ether oxygens (including phenoxy) is 1. The van der Waals surface area contributed by atoms with Crippen LogP contribution < -0.4 is 5.32 Å². The minimum Gasteiger partial charge on any atom is -0.481 e. The number of oxazole rings is 1. The van der Waals surface area contributed by atoms with Crippen molar-refractivity contribution in [1.82, 2.24) is 10.3 Å². The quantitative estimate of drug-likeness (QED) is 0.156. The third kappa shape index (κ3) is 15.7. The van der Waals surface area contributed by atoms with Crippen LogP contribution in [0.3, 0.4) is 0 Å². The Morgan fingerprint density at radius 1 is 1.13 bits per heavy atom. The molecule has 0 bridgehead atoms. The van der Waals surface area contributed by atoms with Gasteiger partial charge in [-0.1, -0.05) is 117 Å². The first kappa shape index (κ1) is 39.9. The Kier molecular flexibility index (Phi) is 20.9. The summed E-state index contributed by atoms with van der Waals surface area (Å²) in [6.45, 7) is 10.4. The molecule has 0 aliphatic heterocycles. The van der Waals surface area contributed by atoms with Gasteiger partial charge >= 0.3 is 5.97 Å². The summed E-state index contributed by atoms with van der Waals surface area (Å²) in [7, 11) is 1.53. The number of carboxylic acids is 1. The summed E-state index contributed by atoms with van der Waals surface area (Å²) in [6.07, 6.45) is 19.2. The van der Waals surface area contributed by atoms with Crippen LogP contribution in [0.2, 0.25) is 10.0 Å². The number of hydrogen-bond donors (Lipinski definition) is 2. The monoisotopic (exact) mass is 666 g/mol. The molecular formula is C37H44Cl2N2O5. The zero-order valence-electron chi connectivity index (χ0n) is 27.0. The molecule has 2 N–H and O–H groups in total. The maximum absolute atomic E-state index is 11.9. The number of carbonyl (C=O) groups excluding carboxylic acids is 1. The number of nitrogens with zero attached hydrogens (tertiary/aromatic N) is 1. The van der Waals surface area contributed by atoms with Gasteiger partial charge in [0.05, 0.1) is 24.7 Å². The molecule has 0 saturated carbocycles. The van der Waals surface area contributed by atoms with E-state index in [2.05, 4.69) is 47.3 Å². The smallest absolute Gasteiger partial charge is 0.305 e. The second kappa shape index (κ2) is 24.1. The number of amides is 1. The summed E-state index contributed by atoms with van der Waals surface area (Å²) in [6, 6.07) is 14.6. The molecular weight excluding hydrogens is 623 g/mol. The average Bonchev–Trinajstić information content (AvgIpc) is 3.31. The average molecular weight is 668 g/mol. The van der Waals surface area contributed by atoms with Crippen LogP contribution in [0.15, 0.2) is 108 Å². The van der Waals surface area contributed by atoms with Crippen molar-refractivity contribution in [2.45, 2.75) is 53.1 Å². The SMILES string of the molecule is C=CCC1=CC=CCC=C1.CC.CC/C=C/c1nc(C(=O)NC)c(-c2ccc(Cl)cc2Cl)o1.O=C(O)CCOCc1ccccc1. The number of aromatic nitrogens is 1. The van der Waals surface area contributed by atoms with E-state index in [1.807, 2.05) is 63.3 Å². The van der Waals surface area contributed by atoms with Gasteiger partial charge in [-0.05, 0) is 54.7 Å². The first-order chi connectivity index (χ1) is 22.3. The van der Waals surface area contributed by atoms with E-state index in [4.69, 9.17) is 37.5 Å². The lowest BCUT2D eigenvalue weighted by Gasteiger charge is -2.03. The van der Waals surface area contributed by atoms with Crippen LogP contribution in [0.1, 0.15) is 68.4 Å². The fourth-order valence-electron chi connectivity index (χ4n) is 3.61. The van der Waals surface area contributed by atoms with E-state index in [0.29, 0.717) is 33.9 Å². The minimum atomic E-state index is -0.826. The van der Waals surface area contributed by atoms with Crippen molar-refractivity contribution in [3.05, 3.63) is 130 Å². The molecule has 1 heterocycles. The Balaban J connectivity index is 0.000000362. The highest BCUT2D eigenvalue weighted by Gasteiger charge is 2.21. The molecule has 0 unspecified atom stereocenters. The van der Waals surface area contributed by atoms with Gasteiger partial charge in [-0.2, -0.15) is 0 Å². The number of benzene rings is 2. The molecule has 7 nitrogen and oxygen atoms in total. The molecule has 9 heteroatoms. The number of rotatable bonds is 11. The lowest BCUT2D eigenvalue weighted by atomic mass is 10.1. The number of carbonyl (C=O) groups is 2. The fraction of sp³-hybridized carbons (Fsp3) is 0.270. The Bertz CT molecular complexity index is 1470. The zero-order valence-corrected chi connectivity index (χ0v) is 28.5. The van der Waals surface area contributed by atoms with Crippen molar-refractivity contribution in [2.24, 2.45) is 0 Å². The molecule has 46 heavy (non-hydrogen) atoms. The normalized spacial score (nSPS) is 11.5. The van der Waals surface area contributed by atoms with Crippen molar-refractivity contribution in [1.29, 1.82) is 0 Å². The number of aliphatic carboxylic acids is 1. The van der Waals surface area contributed by atoms with Gasteiger partial charge in [0.1, 0.15) is 0 Å². The Labute approximate surface area is 283 Å². The minimum absolute atomic E-state index is 0.0623. The number of carboxylic acid groups (broad SMARTS) is 1. The number of nitrogens with one attached hydrogen (secondary N) is 1. The van der Waals surface area contributed by atoms with Gasteiger partial charge in [0.15, 0.2) is 11.5 Å². The predicted octanol–water partition coefficient (Wildman–Crippen LogP) is 10.1. The van der Waals surface area contributed by atoms with Crippen LogP contribution in [-0.2, 0) is 16.1 Å². The maximum Gasteiger partial charge on any atom is 0.305 e. The van der Waals surface area contributed by atoms with Gasteiger partial charge in [-0.25, -0.2) is 4.98 Å². The van der Waals surface area contributed by atoms with Crippen molar-refractivity contribution in [3.8, 4) is 11.3 Å². The van der Waals surface area contributed by atoms with Crippen LogP contribution in [0, 0.1) is 0 Å². The van der Waals surface area contributed by atoms with E-state index in [1.165, 1.54) is 12.6 Å². The lowest BCUT2D eigenvalue weighted by molar-refractivity contribution is -0.138. The van der Waals surface area contributed by atoms with Crippen molar-refractivity contribution < 1.29 is 23.8 Å². The molecule has 2 aromatic carbocycles. The molecule has 4 rings (SSSR count). The number of allylic oxidation sites excluding steroid dienone is 8. The first-order valence-electron chi connectivity index (χ1n) is 15.1. The van der Waals surface area contributed by atoms with Gasteiger partial charge in [0.25, 0.3) is 5.91 Å². The van der Waals surface area contributed by atoms with Gasteiger partial charge < -0.3 is 19.6 Å². The summed E-state index contributed by atoms with van der Waals surface area (Å²) in [5, 5.41) is 11.8. The zero-order chi connectivity index (χ0) is 34.2. The van der Waals surface area contributed by atoms with E-state index in [0.717, 1.165) is 24.8 Å². The molecule has 0 spiro atoms. The van der Waals surface area contributed by atoms with Gasteiger partial charge in [-0.3, -0.25) is 9.59 Å². The van der Waals surface area contributed by atoms with Gasteiger partial charge in [0.2, 0.25) is 5.89 Å². The van der Waals surface area contributed by atoms with Crippen LogP contribution >= 0.6 is 23.2 Å². The highest BCUT2D eigenvalue weighted by Crippen LogP contribution is 2.33. The van der Waals surface area contributed by atoms with Crippen molar-refractivity contribution in [2.75, 3.05) is 13.7 Å². The van der Waals surface area contributed by atoms with Crippen molar-refractivity contribution >= 4 is 41.2 Å². The standard InChI is InChI=1S/C15H14Cl2N2O2.C10H12O3.C10H12.C2H6/c1-3-4-5-12-19-13(15(20)18-2)14(21-12)10-7-6-9(16)8-11(10)17;11-10(12)6-7-13-8-9-4-2-1-3-5-9;1-2-7-10-8-5-3-4-6-9-10;1-2/h4-8H,3H2,1-2H3,(H,18,20);1-5H,6-8H2,(H,11,12);2-3,5-6,8-9H,1,4,7H2;1-2H3/b5-4+;;;. The van der Waals surface area contributed by atoms with E-state index in [-0.39, 0.29) is 24.6 Å². The van der Waals surface area contributed by atoms with Gasteiger partial charge in [-0.15, -0.1) is 6.58 Å². The second-order valence-electron chi connectivity index (χ2n) is 9.23. The van der Waals surface area contributed by atoms with Crippen molar-refractivity contribution in [3.63, 3.8) is 0 Å². The highest BCUT2D eigenvalue weighted by atomic mass is 35.5. The summed E-state index contributed by atoms with van der Waals surface area (Å²) in [5.41, 5.74) is 3.16. The van der Waals surface area contributed by atoms with Crippen LogP contribution in [0.5, 0.6) is 0 Å².